The number of aryl methyl sites for hydroxylation is 1. The number of benzene rings is 1. The minimum absolute atomic E-state index is 0.777. The number of nitrogens with zero attached hydrogens (tertiary/aromatic N) is 2. The minimum atomic E-state index is 0.777. The van der Waals surface area contributed by atoms with E-state index < -0.39 is 0 Å². The first kappa shape index (κ1) is 15.3. The average Bonchev–Trinajstić information content (AvgIpc) is 2.49. The van der Waals surface area contributed by atoms with Gasteiger partial charge in [0.2, 0.25) is 0 Å². The molecule has 1 aromatic heterocycles. The molecule has 2 rings (SSSR count). The van der Waals surface area contributed by atoms with E-state index in [1.807, 2.05) is 0 Å². The Labute approximate surface area is 127 Å². The molecule has 112 valence electrons. The summed E-state index contributed by atoms with van der Waals surface area (Å²) in [5, 5.41) is 6.76. The summed E-state index contributed by atoms with van der Waals surface area (Å²) >= 11 is 0. The molecule has 0 aliphatic carbocycles. The standard InChI is InChI=1S/C17H24N4/c1-4-6-15-16(18-5-2)20-12-21-17(15)19-11-14-9-7-13(3)8-10-14/h7-10,12H,4-6,11H2,1-3H3,(H2,18,19,20,21). The monoisotopic (exact) mass is 284 g/mol. The molecule has 2 aromatic rings. The summed E-state index contributed by atoms with van der Waals surface area (Å²) in [5.74, 6) is 1.88. The Morgan fingerprint density at radius 3 is 2.24 bits per heavy atom. The molecule has 0 aliphatic heterocycles. The summed E-state index contributed by atoms with van der Waals surface area (Å²) in [6, 6.07) is 8.56. The van der Waals surface area contributed by atoms with Crippen LogP contribution in [-0.4, -0.2) is 16.5 Å². The number of nitrogens with one attached hydrogen (secondary N) is 2. The molecule has 0 amide bonds. The van der Waals surface area contributed by atoms with E-state index in [1.54, 1.807) is 6.33 Å². The molecule has 0 fully saturated rings. The highest BCUT2D eigenvalue weighted by Gasteiger charge is 2.09. The zero-order valence-corrected chi connectivity index (χ0v) is 13.1. The zero-order valence-electron chi connectivity index (χ0n) is 13.1. The molecular formula is C17H24N4. The van der Waals surface area contributed by atoms with Crippen molar-refractivity contribution >= 4 is 11.6 Å². The maximum atomic E-state index is 4.41. The van der Waals surface area contributed by atoms with Crippen LogP contribution in [0, 0.1) is 6.92 Å². The summed E-state index contributed by atoms with van der Waals surface area (Å²) in [6.07, 6.45) is 3.67. The molecular weight excluding hydrogens is 260 g/mol. The van der Waals surface area contributed by atoms with Crippen LogP contribution < -0.4 is 10.6 Å². The van der Waals surface area contributed by atoms with Crippen LogP contribution in [0.3, 0.4) is 0 Å². The first-order valence-corrected chi connectivity index (χ1v) is 7.61. The number of rotatable bonds is 7. The van der Waals surface area contributed by atoms with Gasteiger partial charge in [-0.05, 0) is 25.8 Å². The fourth-order valence-electron chi connectivity index (χ4n) is 2.26. The molecule has 0 bridgehead atoms. The van der Waals surface area contributed by atoms with Crippen molar-refractivity contribution in [3.63, 3.8) is 0 Å². The van der Waals surface area contributed by atoms with E-state index >= 15 is 0 Å². The van der Waals surface area contributed by atoms with E-state index in [9.17, 15) is 0 Å². The van der Waals surface area contributed by atoms with E-state index in [1.165, 1.54) is 16.7 Å². The van der Waals surface area contributed by atoms with Crippen molar-refractivity contribution in [3.8, 4) is 0 Å². The Morgan fingerprint density at radius 2 is 1.62 bits per heavy atom. The van der Waals surface area contributed by atoms with E-state index in [0.29, 0.717) is 0 Å². The van der Waals surface area contributed by atoms with Crippen molar-refractivity contribution in [1.29, 1.82) is 0 Å². The van der Waals surface area contributed by atoms with Crippen LogP contribution in [-0.2, 0) is 13.0 Å². The van der Waals surface area contributed by atoms with Gasteiger partial charge in [0.1, 0.15) is 18.0 Å². The van der Waals surface area contributed by atoms with Crippen molar-refractivity contribution in [2.45, 2.75) is 40.2 Å². The molecule has 0 saturated heterocycles. The molecule has 0 saturated carbocycles. The smallest absolute Gasteiger partial charge is 0.134 e. The Morgan fingerprint density at radius 1 is 0.952 bits per heavy atom. The van der Waals surface area contributed by atoms with Gasteiger partial charge in [-0.1, -0.05) is 43.2 Å². The third-order valence-corrected chi connectivity index (χ3v) is 3.37. The van der Waals surface area contributed by atoms with Crippen LogP contribution in [0.1, 0.15) is 37.0 Å². The lowest BCUT2D eigenvalue weighted by atomic mass is 10.1. The van der Waals surface area contributed by atoms with E-state index in [2.05, 4.69) is 65.6 Å². The lowest BCUT2D eigenvalue weighted by molar-refractivity contribution is 0.895. The number of hydrogen-bond donors (Lipinski definition) is 2. The number of hydrogen-bond acceptors (Lipinski definition) is 4. The average molecular weight is 284 g/mol. The molecule has 21 heavy (non-hydrogen) atoms. The largest absolute Gasteiger partial charge is 0.370 e. The van der Waals surface area contributed by atoms with Gasteiger partial charge in [0.25, 0.3) is 0 Å². The van der Waals surface area contributed by atoms with Crippen LogP contribution in [0.4, 0.5) is 11.6 Å². The van der Waals surface area contributed by atoms with Gasteiger partial charge >= 0.3 is 0 Å². The second-order valence-electron chi connectivity index (χ2n) is 5.17. The van der Waals surface area contributed by atoms with E-state index in [0.717, 1.165) is 37.6 Å². The van der Waals surface area contributed by atoms with Gasteiger partial charge in [0.05, 0.1) is 0 Å². The van der Waals surface area contributed by atoms with Crippen molar-refractivity contribution in [1.82, 2.24) is 9.97 Å². The molecule has 0 atom stereocenters. The second-order valence-corrected chi connectivity index (χ2v) is 5.17. The molecule has 1 heterocycles. The normalized spacial score (nSPS) is 10.4. The topological polar surface area (TPSA) is 49.8 Å². The Balaban J connectivity index is 2.14. The fraction of sp³-hybridized carbons (Fsp3) is 0.412. The summed E-state index contributed by atoms with van der Waals surface area (Å²) in [4.78, 5) is 8.76. The molecule has 2 N–H and O–H groups in total. The lowest BCUT2D eigenvalue weighted by Gasteiger charge is -2.14. The highest BCUT2D eigenvalue weighted by molar-refractivity contribution is 5.57. The predicted octanol–water partition coefficient (Wildman–Crippen LogP) is 3.78. The fourth-order valence-corrected chi connectivity index (χ4v) is 2.26. The molecule has 0 spiro atoms. The molecule has 0 aliphatic rings. The quantitative estimate of drug-likeness (QED) is 0.812. The Bertz CT molecular complexity index is 564. The molecule has 4 heteroatoms. The van der Waals surface area contributed by atoms with Gasteiger partial charge in [-0.15, -0.1) is 0 Å². The van der Waals surface area contributed by atoms with Crippen molar-refractivity contribution in [2.75, 3.05) is 17.2 Å². The maximum Gasteiger partial charge on any atom is 0.134 e. The third kappa shape index (κ3) is 4.18. The van der Waals surface area contributed by atoms with Crippen LogP contribution >= 0.6 is 0 Å². The van der Waals surface area contributed by atoms with Gasteiger partial charge in [0.15, 0.2) is 0 Å². The molecule has 1 aromatic carbocycles. The summed E-state index contributed by atoms with van der Waals surface area (Å²) in [5.41, 5.74) is 3.71. The Hall–Kier alpha value is -2.10. The van der Waals surface area contributed by atoms with E-state index in [-0.39, 0.29) is 0 Å². The SMILES string of the molecule is CCCc1c(NCC)ncnc1NCc1ccc(C)cc1. The minimum Gasteiger partial charge on any atom is -0.370 e. The highest BCUT2D eigenvalue weighted by Crippen LogP contribution is 2.22. The van der Waals surface area contributed by atoms with E-state index in [4.69, 9.17) is 0 Å². The van der Waals surface area contributed by atoms with Gasteiger partial charge in [0, 0.05) is 18.7 Å². The van der Waals surface area contributed by atoms with Crippen molar-refractivity contribution in [3.05, 3.63) is 47.3 Å². The van der Waals surface area contributed by atoms with Crippen LogP contribution in [0.25, 0.3) is 0 Å². The van der Waals surface area contributed by atoms with Crippen LogP contribution in [0.15, 0.2) is 30.6 Å². The van der Waals surface area contributed by atoms with Crippen molar-refractivity contribution in [2.24, 2.45) is 0 Å². The highest BCUT2D eigenvalue weighted by atomic mass is 15.1. The molecule has 4 nitrogen and oxygen atoms in total. The Kier molecular flexibility index (Phi) is 5.55. The van der Waals surface area contributed by atoms with Crippen molar-refractivity contribution < 1.29 is 0 Å². The van der Waals surface area contributed by atoms with Gasteiger partial charge < -0.3 is 10.6 Å². The van der Waals surface area contributed by atoms with Crippen LogP contribution in [0.5, 0.6) is 0 Å². The predicted molar refractivity (Wildman–Crippen MR) is 88.7 cm³/mol. The number of anilines is 2. The summed E-state index contributed by atoms with van der Waals surface area (Å²) in [7, 11) is 0. The molecule has 0 radical (unpaired) electrons. The summed E-state index contributed by atoms with van der Waals surface area (Å²) < 4.78 is 0. The van der Waals surface area contributed by atoms with Crippen LogP contribution in [0.2, 0.25) is 0 Å². The second kappa shape index (κ2) is 7.62. The van der Waals surface area contributed by atoms with Gasteiger partial charge in [-0.25, -0.2) is 9.97 Å². The summed E-state index contributed by atoms with van der Waals surface area (Å²) in [6.45, 7) is 8.00. The lowest BCUT2D eigenvalue weighted by Crippen LogP contribution is -2.10. The maximum absolute atomic E-state index is 4.41. The first-order valence-electron chi connectivity index (χ1n) is 7.61. The van der Waals surface area contributed by atoms with Gasteiger partial charge in [-0.2, -0.15) is 0 Å². The van der Waals surface area contributed by atoms with Gasteiger partial charge in [-0.3, -0.25) is 0 Å². The number of aromatic nitrogens is 2. The zero-order chi connectivity index (χ0) is 15.1. The first-order chi connectivity index (χ1) is 10.2. The molecule has 0 unspecified atom stereocenters. The third-order valence-electron chi connectivity index (χ3n) is 3.37.